The molecule has 0 N–H and O–H groups in total. The molecule has 2 nitrogen and oxygen atoms in total. The highest BCUT2D eigenvalue weighted by Gasteiger charge is 2.14. The Morgan fingerprint density at radius 1 is 0.923 bits per heavy atom. The quantitative estimate of drug-likeness (QED) is 0.565. The van der Waals surface area contributed by atoms with Gasteiger partial charge in [0.1, 0.15) is 0 Å². The highest BCUT2D eigenvalue weighted by molar-refractivity contribution is 5.77. The fourth-order valence-electron chi connectivity index (χ4n) is 1.84. The van der Waals surface area contributed by atoms with Crippen LogP contribution in [0.5, 0.6) is 0 Å². The van der Waals surface area contributed by atoms with Gasteiger partial charge in [0.25, 0.3) is 0 Å². The largest absolute Gasteiger partial charge is 0.346 e. The van der Waals surface area contributed by atoms with Crippen molar-refractivity contribution < 1.29 is 4.79 Å². The Labute approximate surface area is 81.3 Å². The van der Waals surface area contributed by atoms with Gasteiger partial charge in [-0.3, -0.25) is 4.79 Å². The number of nitrogens with zero attached hydrogens (tertiary/aromatic N) is 1. The van der Waals surface area contributed by atoms with Crippen molar-refractivity contribution in [3.8, 4) is 0 Å². The third-order valence-corrected chi connectivity index (χ3v) is 2.81. The Balaban J connectivity index is 0.000000132. The van der Waals surface area contributed by atoms with Crippen molar-refractivity contribution in [3.63, 3.8) is 0 Å². The number of carbonyl (C=O) groups is 1. The second-order valence-electron chi connectivity index (χ2n) is 4.04. The zero-order valence-corrected chi connectivity index (χ0v) is 8.72. The predicted octanol–water partition coefficient (Wildman–Crippen LogP) is 2.58. The number of likely N-dealkylation sites (tertiary alicyclic amines) is 1. The van der Waals surface area contributed by atoms with E-state index in [9.17, 15) is 4.79 Å². The molecule has 0 atom stereocenters. The summed E-state index contributed by atoms with van der Waals surface area (Å²) >= 11 is 0. The lowest BCUT2D eigenvalue weighted by Crippen LogP contribution is -2.17. The van der Waals surface area contributed by atoms with Gasteiger partial charge in [-0.15, -0.1) is 0 Å². The number of hydrogen-bond donors (Lipinski definition) is 0. The lowest BCUT2D eigenvalue weighted by molar-refractivity contribution is -0.126. The van der Waals surface area contributed by atoms with Crippen LogP contribution in [0.25, 0.3) is 0 Å². The molecule has 1 saturated carbocycles. The average molecular weight is 183 g/mol. The second kappa shape index (κ2) is 6.01. The molecule has 2 heteroatoms. The molecule has 1 aliphatic carbocycles. The number of rotatable bonds is 0. The molecule has 2 fully saturated rings. The summed E-state index contributed by atoms with van der Waals surface area (Å²) in [7, 11) is 1.84. The fourth-order valence-corrected chi connectivity index (χ4v) is 1.84. The molecule has 2 rings (SSSR count). The van der Waals surface area contributed by atoms with Crippen molar-refractivity contribution in [2.45, 2.75) is 51.4 Å². The summed E-state index contributed by atoms with van der Waals surface area (Å²) < 4.78 is 0. The van der Waals surface area contributed by atoms with Gasteiger partial charge in [-0.25, -0.2) is 0 Å². The van der Waals surface area contributed by atoms with Gasteiger partial charge in [0, 0.05) is 20.0 Å². The van der Waals surface area contributed by atoms with Crippen LogP contribution in [0.1, 0.15) is 51.4 Å². The van der Waals surface area contributed by atoms with Crippen LogP contribution in [0.3, 0.4) is 0 Å². The molecule has 0 spiro atoms. The lowest BCUT2D eigenvalue weighted by atomic mass is 10.0. The van der Waals surface area contributed by atoms with Crippen LogP contribution in [0.15, 0.2) is 0 Å². The number of hydrogen-bond acceptors (Lipinski definition) is 1. The Kier molecular flexibility index (Phi) is 4.87. The molecule has 0 bridgehead atoms. The predicted molar refractivity (Wildman–Crippen MR) is 54.6 cm³/mol. The molecular weight excluding hydrogens is 162 g/mol. The van der Waals surface area contributed by atoms with Crippen molar-refractivity contribution in [1.29, 1.82) is 0 Å². The molecule has 0 aromatic heterocycles. The van der Waals surface area contributed by atoms with Crippen LogP contribution < -0.4 is 0 Å². The molecule has 1 amide bonds. The van der Waals surface area contributed by atoms with Crippen molar-refractivity contribution in [2.24, 2.45) is 0 Å². The smallest absolute Gasteiger partial charge is 0.222 e. The van der Waals surface area contributed by atoms with Crippen molar-refractivity contribution in [3.05, 3.63) is 0 Å². The molecule has 0 aromatic rings. The van der Waals surface area contributed by atoms with Crippen LogP contribution in [-0.4, -0.2) is 24.4 Å². The third kappa shape index (κ3) is 4.30. The molecule has 1 heterocycles. The van der Waals surface area contributed by atoms with Crippen molar-refractivity contribution in [1.82, 2.24) is 4.90 Å². The minimum Gasteiger partial charge on any atom is -0.346 e. The average Bonchev–Trinajstić information content (AvgIpc) is 2.55. The zero-order valence-electron chi connectivity index (χ0n) is 8.72. The summed E-state index contributed by atoms with van der Waals surface area (Å²) in [6.45, 7) is 0.957. The summed E-state index contributed by atoms with van der Waals surface area (Å²) in [4.78, 5) is 12.3. The highest BCUT2D eigenvalue weighted by atomic mass is 16.2. The van der Waals surface area contributed by atoms with Gasteiger partial charge in [0.05, 0.1) is 0 Å². The van der Waals surface area contributed by atoms with E-state index in [1.165, 1.54) is 38.5 Å². The van der Waals surface area contributed by atoms with Gasteiger partial charge in [-0.2, -0.15) is 0 Å². The Hall–Kier alpha value is -0.530. The summed E-state index contributed by atoms with van der Waals surface area (Å²) in [6.07, 6.45) is 10.8. The summed E-state index contributed by atoms with van der Waals surface area (Å²) in [5, 5.41) is 0. The van der Waals surface area contributed by atoms with Crippen LogP contribution in [0.2, 0.25) is 0 Å². The molecule has 76 valence electrons. The number of carbonyl (C=O) groups excluding carboxylic acids is 1. The van der Waals surface area contributed by atoms with Gasteiger partial charge in [-0.05, 0) is 6.42 Å². The maximum Gasteiger partial charge on any atom is 0.222 e. The monoisotopic (exact) mass is 183 g/mol. The van der Waals surface area contributed by atoms with Crippen molar-refractivity contribution >= 4 is 5.91 Å². The van der Waals surface area contributed by atoms with Gasteiger partial charge in [0.2, 0.25) is 5.91 Å². The van der Waals surface area contributed by atoms with E-state index in [1.54, 1.807) is 4.90 Å². The van der Waals surface area contributed by atoms with Gasteiger partial charge < -0.3 is 4.90 Å². The second-order valence-corrected chi connectivity index (χ2v) is 4.04. The summed E-state index contributed by atoms with van der Waals surface area (Å²) in [6, 6.07) is 0. The minimum absolute atomic E-state index is 0.292. The first-order chi connectivity index (χ1) is 6.30. The van der Waals surface area contributed by atoms with Crippen LogP contribution in [0.4, 0.5) is 0 Å². The van der Waals surface area contributed by atoms with Crippen LogP contribution in [-0.2, 0) is 4.79 Å². The summed E-state index contributed by atoms with van der Waals surface area (Å²) in [5.41, 5.74) is 0. The topological polar surface area (TPSA) is 20.3 Å². The van der Waals surface area contributed by atoms with E-state index in [2.05, 4.69) is 0 Å². The van der Waals surface area contributed by atoms with E-state index >= 15 is 0 Å². The third-order valence-electron chi connectivity index (χ3n) is 2.81. The van der Waals surface area contributed by atoms with Gasteiger partial charge >= 0.3 is 0 Å². The van der Waals surface area contributed by atoms with E-state index < -0.39 is 0 Å². The van der Waals surface area contributed by atoms with Crippen LogP contribution in [0, 0.1) is 0 Å². The lowest BCUT2D eigenvalue weighted by Gasteiger charge is -2.05. The molecule has 0 unspecified atom stereocenters. The van der Waals surface area contributed by atoms with E-state index in [4.69, 9.17) is 0 Å². The minimum atomic E-state index is 0.292. The fraction of sp³-hybridized carbons (Fsp3) is 0.909. The molecule has 1 aliphatic heterocycles. The van der Waals surface area contributed by atoms with Crippen molar-refractivity contribution in [2.75, 3.05) is 13.6 Å². The Bertz CT molecular complexity index is 141. The normalized spacial score (nSPS) is 22.5. The molecule has 0 aromatic carbocycles. The molecule has 13 heavy (non-hydrogen) atoms. The van der Waals surface area contributed by atoms with E-state index in [0.29, 0.717) is 5.91 Å². The Morgan fingerprint density at radius 2 is 1.38 bits per heavy atom. The first-order valence-electron chi connectivity index (χ1n) is 5.54. The maximum absolute atomic E-state index is 10.5. The molecule has 0 radical (unpaired) electrons. The first kappa shape index (κ1) is 10.6. The molecule has 2 aliphatic rings. The first-order valence-corrected chi connectivity index (χ1v) is 5.54. The Morgan fingerprint density at radius 3 is 1.54 bits per heavy atom. The van der Waals surface area contributed by atoms with E-state index in [1.807, 2.05) is 7.05 Å². The SMILES string of the molecule is C1CCCCC1.CN1CCCC1=O. The number of amides is 1. The standard InChI is InChI=1S/C6H12.C5H9NO/c1-2-4-6-5-3-1;1-6-4-2-3-5(6)7/h1-6H2;2-4H2,1H3. The zero-order chi connectivity index (χ0) is 9.52. The van der Waals surface area contributed by atoms with Crippen LogP contribution >= 0.6 is 0 Å². The highest BCUT2D eigenvalue weighted by Crippen LogP contribution is 2.15. The maximum atomic E-state index is 10.5. The van der Waals surface area contributed by atoms with E-state index in [0.717, 1.165) is 19.4 Å². The van der Waals surface area contributed by atoms with Gasteiger partial charge in [0.15, 0.2) is 0 Å². The van der Waals surface area contributed by atoms with Gasteiger partial charge in [-0.1, -0.05) is 38.5 Å². The van der Waals surface area contributed by atoms with E-state index in [-0.39, 0.29) is 0 Å². The summed E-state index contributed by atoms with van der Waals surface area (Å²) in [5.74, 6) is 0.292. The molecular formula is C11H21NO. The molecule has 1 saturated heterocycles.